The van der Waals surface area contributed by atoms with Crippen LogP contribution >= 0.6 is 0 Å². The van der Waals surface area contributed by atoms with Gasteiger partial charge in [0, 0.05) is 12.1 Å². The van der Waals surface area contributed by atoms with Gasteiger partial charge in [-0.3, -0.25) is 0 Å². The maximum Gasteiger partial charge on any atom is 0.150 e. The lowest BCUT2D eigenvalue weighted by Crippen LogP contribution is -2.53. The van der Waals surface area contributed by atoms with Crippen LogP contribution in [0.2, 0.25) is 0 Å². The van der Waals surface area contributed by atoms with E-state index in [4.69, 9.17) is 4.52 Å². The van der Waals surface area contributed by atoms with E-state index in [2.05, 4.69) is 10.5 Å². The van der Waals surface area contributed by atoms with Gasteiger partial charge in [-0.2, -0.15) is 0 Å². The van der Waals surface area contributed by atoms with E-state index in [1.165, 1.54) is 44.9 Å². The average molecular weight is 234 g/mol. The third-order valence-electron chi connectivity index (χ3n) is 4.72. The van der Waals surface area contributed by atoms with E-state index in [9.17, 15) is 0 Å². The van der Waals surface area contributed by atoms with Crippen LogP contribution < -0.4 is 5.32 Å². The summed E-state index contributed by atoms with van der Waals surface area (Å²) >= 11 is 0. The molecule has 2 fully saturated rings. The van der Waals surface area contributed by atoms with Crippen LogP contribution in [0.4, 0.5) is 0 Å². The first-order valence-corrected chi connectivity index (χ1v) is 6.94. The predicted octanol–water partition coefficient (Wildman–Crippen LogP) is 3.19. The summed E-state index contributed by atoms with van der Waals surface area (Å²) in [5, 5.41) is 7.60. The fourth-order valence-corrected chi connectivity index (χ4v) is 3.59. The van der Waals surface area contributed by atoms with Crippen molar-refractivity contribution in [3.8, 4) is 0 Å². The Labute approximate surface area is 103 Å². The zero-order valence-electron chi connectivity index (χ0n) is 10.7. The second kappa shape index (κ2) is 4.45. The highest BCUT2D eigenvalue weighted by Crippen LogP contribution is 2.51. The average Bonchev–Trinajstić information content (AvgIpc) is 2.75. The maximum absolute atomic E-state index is 5.25. The molecule has 0 bridgehead atoms. The van der Waals surface area contributed by atoms with Crippen LogP contribution in [0, 0.1) is 12.3 Å². The molecule has 17 heavy (non-hydrogen) atoms. The molecule has 1 unspecified atom stereocenters. The molecule has 0 aromatic carbocycles. The first kappa shape index (κ1) is 11.3. The Morgan fingerprint density at radius 1 is 1.35 bits per heavy atom. The summed E-state index contributed by atoms with van der Waals surface area (Å²) in [6, 6.07) is 2.74. The normalized spacial score (nSPS) is 27.0. The second-order valence-corrected chi connectivity index (χ2v) is 5.83. The summed E-state index contributed by atoms with van der Waals surface area (Å²) in [6.45, 7) is 2.81. The topological polar surface area (TPSA) is 38.1 Å². The molecule has 94 valence electrons. The van der Waals surface area contributed by atoms with Crippen LogP contribution in [-0.4, -0.2) is 11.2 Å². The highest BCUT2D eigenvalue weighted by atomic mass is 16.5. The molecule has 1 atom stereocenters. The smallest absolute Gasteiger partial charge is 0.150 e. The van der Waals surface area contributed by atoms with Crippen LogP contribution in [0.25, 0.3) is 0 Å². The molecular weight excluding hydrogens is 212 g/mol. The first-order valence-electron chi connectivity index (χ1n) is 6.94. The molecule has 3 rings (SSSR count). The van der Waals surface area contributed by atoms with Gasteiger partial charge in [-0.05, 0) is 38.0 Å². The standard InChI is InChI=1S/C14H22N2O/c1-11-9-12(17-16-11)10-15-13-5-8-14(13)6-3-2-4-7-14/h9,13,15H,2-8,10H2,1H3. The van der Waals surface area contributed by atoms with Crippen LogP contribution in [0.3, 0.4) is 0 Å². The van der Waals surface area contributed by atoms with Crippen molar-refractivity contribution in [1.29, 1.82) is 0 Å². The zero-order valence-corrected chi connectivity index (χ0v) is 10.7. The molecule has 1 aromatic heterocycles. The van der Waals surface area contributed by atoms with E-state index in [-0.39, 0.29) is 0 Å². The van der Waals surface area contributed by atoms with Crippen molar-refractivity contribution in [2.24, 2.45) is 5.41 Å². The molecule has 1 N–H and O–H groups in total. The van der Waals surface area contributed by atoms with E-state index in [0.29, 0.717) is 11.5 Å². The quantitative estimate of drug-likeness (QED) is 0.873. The van der Waals surface area contributed by atoms with Gasteiger partial charge >= 0.3 is 0 Å². The van der Waals surface area contributed by atoms with Crippen molar-refractivity contribution in [2.45, 2.75) is 64.5 Å². The fraction of sp³-hybridized carbons (Fsp3) is 0.786. The number of nitrogens with one attached hydrogen (secondary N) is 1. The summed E-state index contributed by atoms with van der Waals surface area (Å²) in [7, 11) is 0. The van der Waals surface area contributed by atoms with E-state index < -0.39 is 0 Å². The third-order valence-corrected chi connectivity index (χ3v) is 4.72. The molecule has 1 heterocycles. The Balaban J connectivity index is 1.55. The molecule has 0 amide bonds. The van der Waals surface area contributed by atoms with Crippen molar-refractivity contribution >= 4 is 0 Å². The molecule has 1 aromatic rings. The highest BCUT2D eigenvalue weighted by Gasteiger charge is 2.46. The van der Waals surface area contributed by atoms with Crippen molar-refractivity contribution in [1.82, 2.24) is 10.5 Å². The summed E-state index contributed by atoms with van der Waals surface area (Å²) in [4.78, 5) is 0. The predicted molar refractivity (Wildman–Crippen MR) is 66.6 cm³/mol. The molecule has 1 spiro atoms. The van der Waals surface area contributed by atoms with Gasteiger partial charge in [0.25, 0.3) is 0 Å². The van der Waals surface area contributed by atoms with E-state index in [0.717, 1.165) is 18.0 Å². The second-order valence-electron chi connectivity index (χ2n) is 5.83. The lowest BCUT2D eigenvalue weighted by Gasteiger charge is -2.52. The van der Waals surface area contributed by atoms with E-state index in [1.54, 1.807) is 0 Å². The van der Waals surface area contributed by atoms with Crippen LogP contribution in [0.1, 0.15) is 56.4 Å². The number of nitrogens with zero attached hydrogens (tertiary/aromatic N) is 1. The largest absolute Gasteiger partial charge is 0.360 e. The Bertz CT molecular complexity index is 379. The van der Waals surface area contributed by atoms with E-state index >= 15 is 0 Å². The van der Waals surface area contributed by atoms with Crippen LogP contribution in [-0.2, 0) is 6.54 Å². The summed E-state index contributed by atoms with van der Waals surface area (Å²) in [6.07, 6.45) is 9.93. The fourth-order valence-electron chi connectivity index (χ4n) is 3.59. The monoisotopic (exact) mass is 234 g/mol. The minimum absolute atomic E-state index is 0.632. The maximum atomic E-state index is 5.25. The number of aromatic nitrogens is 1. The Hall–Kier alpha value is -0.830. The summed E-state index contributed by atoms with van der Waals surface area (Å²) in [5.74, 6) is 0.973. The Kier molecular flexibility index (Phi) is 2.95. The van der Waals surface area contributed by atoms with Gasteiger partial charge in [0.2, 0.25) is 0 Å². The summed E-state index contributed by atoms with van der Waals surface area (Å²) < 4.78 is 5.25. The SMILES string of the molecule is Cc1cc(CNC2CCC23CCCCC3)on1. The number of rotatable bonds is 3. The third kappa shape index (κ3) is 2.13. The zero-order chi connectivity index (χ0) is 11.7. The Morgan fingerprint density at radius 2 is 2.18 bits per heavy atom. The molecule has 0 radical (unpaired) electrons. The highest BCUT2D eigenvalue weighted by molar-refractivity contribution is 5.06. The van der Waals surface area contributed by atoms with Gasteiger partial charge in [0.15, 0.2) is 5.76 Å². The lowest BCUT2D eigenvalue weighted by atomic mass is 9.57. The molecule has 3 heteroatoms. The minimum atomic E-state index is 0.632. The van der Waals surface area contributed by atoms with Gasteiger partial charge in [0.05, 0.1) is 12.2 Å². The van der Waals surface area contributed by atoms with Crippen molar-refractivity contribution in [3.05, 3.63) is 17.5 Å². The lowest BCUT2D eigenvalue weighted by molar-refractivity contribution is 0.0210. The van der Waals surface area contributed by atoms with Gasteiger partial charge in [-0.25, -0.2) is 0 Å². The molecule has 2 aliphatic rings. The first-order chi connectivity index (χ1) is 8.28. The molecule has 2 saturated carbocycles. The van der Waals surface area contributed by atoms with Crippen LogP contribution in [0.15, 0.2) is 10.6 Å². The molecular formula is C14H22N2O. The van der Waals surface area contributed by atoms with Gasteiger partial charge < -0.3 is 9.84 Å². The van der Waals surface area contributed by atoms with Crippen molar-refractivity contribution < 1.29 is 4.52 Å². The van der Waals surface area contributed by atoms with Crippen LogP contribution in [0.5, 0.6) is 0 Å². The molecule has 2 aliphatic carbocycles. The Morgan fingerprint density at radius 3 is 2.76 bits per heavy atom. The summed E-state index contributed by atoms with van der Waals surface area (Å²) in [5.41, 5.74) is 1.61. The van der Waals surface area contributed by atoms with Gasteiger partial charge in [0.1, 0.15) is 0 Å². The number of aryl methyl sites for hydroxylation is 1. The van der Waals surface area contributed by atoms with Crippen molar-refractivity contribution in [3.63, 3.8) is 0 Å². The number of hydrogen-bond acceptors (Lipinski definition) is 3. The van der Waals surface area contributed by atoms with Crippen molar-refractivity contribution in [2.75, 3.05) is 0 Å². The molecule has 3 nitrogen and oxygen atoms in total. The number of hydrogen-bond donors (Lipinski definition) is 1. The van der Waals surface area contributed by atoms with E-state index in [1.807, 2.05) is 13.0 Å². The molecule has 0 saturated heterocycles. The van der Waals surface area contributed by atoms with Gasteiger partial charge in [-0.15, -0.1) is 0 Å². The molecule has 0 aliphatic heterocycles. The minimum Gasteiger partial charge on any atom is -0.360 e. The van der Waals surface area contributed by atoms with Gasteiger partial charge in [-0.1, -0.05) is 24.4 Å².